The van der Waals surface area contributed by atoms with Gasteiger partial charge in [0.25, 0.3) is 5.56 Å². The zero-order valence-electron chi connectivity index (χ0n) is 25.2. The van der Waals surface area contributed by atoms with Crippen molar-refractivity contribution in [1.82, 2.24) is 14.3 Å². The maximum atomic E-state index is 13.9. The van der Waals surface area contributed by atoms with Gasteiger partial charge in [0.05, 0.1) is 47.4 Å². The zero-order chi connectivity index (χ0) is 31.7. The maximum Gasteiger partial charge on any atom is 0.266 e. The van der Waals surface area contributed by atoms with Gasteiger partial charge in [-0.1, -0.05) is 54.6 Å². The summed E-state index contributed by atoms with van der Waals surface area (Å²) in [4.78, 5) is 29.9. The summed E-state index contributed by atoms with van der Waals surface area (Å²) >= 11 is 0. The molecule has 230 valence electrons. The maximum absolute atomic E-state index is 13.9. The summed E-state index contributed by atoms with van der Waals surface area (Å²) in [6.45, 7) is 6.34. The minimum absolute atomic E-state index is 0.0632. The Labute approximate surface area is 260 Å². The summed E-state index contributed by atoms with van der Waals surface area (Å²) in [7, 11) is -3.98. The lowest BCUT2D eigenvalue weighted by Crippen LogP contribution is -2.32. The van der Waals surface area contributed by atoms with Crippen LogP contribution in [0.25, 0.3) is 38.1 Å². The van der Waals surface area contributed by atoms with Gasteiger partial charge in [0.15, 0.2) is 5.75 Å². The molecule has 2 N–H and O–H groups in total. The SMILES string of the molecule is CCOc1c2cn(-c3ccc(CS(=O)(=O)NC(=O)Cc4cccc5ccccc45)cc3C)c(=O)c2c(OCC)c2ccc[nH]c12. The van der Waals surface area contributed by atoms with Gasteiger partial charge in [-0.2, -0.15) is 0 Å². The molecule has 9 nitrogen and oxygen atoms in total. The molecule has 0 saturated heterocycles. The number of hydrogen-bond donors (Lipinski definition) is 2. The molecule has 45 heavy (non-hydrogen) atoms. The highest BCUT2D eigenvalue weighted by Crippen LogP contribution is 2.41. The fraction of sp³-hybridized carbons (Fsp3) is 0.200. The molecule has 0 spiro atoms. The first kappa shape index (κ1) is 30.0. The lowest BCUT2D eigenvalue weighted by Gasteiger charge is -2.13. The smallest absolute Gasteiger partial charge is 0.266 e. The molecule has 6 aromatic rings. The molecule has 2 heterocycles. The molecule has 0 aliphatic rings. The largest absolute Gasteiger partial charge is 0.492 e. The average molecular weight is 624 g/mol. The second-order valence-corrected chi connectivity index (χ2v) is 12.5. The molecule has 1 amide bonds. The van der Waals surface area contributed by atoms with Gasteiger partial charge in [0, 0.05) is 17.8 Å². The molecule has 0 bridgehead atoms. The molecular weight excluding hydrogens is 590 g/mol. The van der Waals surface area contributed by atoms with E-state index in [1.165, 1.54) is 4.57 Å². The van der Waals surface area contributed by atoms with Crippen LogP contribution < -0.4 is 19.8 Å². The van der Waals surface area contributed by atoms with Gasteiger partial charge >= 0.3 is 0 Å². The number of hydrogen-bond acceptors (Lipinski definition) is 6. The van der Waals surface area contributed by atoms with Gasteiger partial charge < -0.3 is 14.5 Å². The second kappa shape index (κ2) is 12.1. The number of pyridine rings is 1. The van der Waals surface area contributed by atoms with Crippen molar-refractivity contribution in [3.8, 4) is 17.2 Å². The van der Waals surface area contributed by atoms with Gasteiger partial charge in [-0.05, 0) is 66.4 Å². The monoisotopic (exact) mass is 623 g/mol. The first-order valence-corrected chi connectivity index (χ1v) is 16.4. The number of aryl methyl sites for hydroxylation is 1. The molecule has 0 unspecified atom stereocenters. The highest BCUT2D eigenvalue weighted by Gasteiger charge is 2.23. The van der Waals surface area contributed by atoms with Crippen molar-refractivity contribution in [3.05, 3.63) is 112 Å². The van der Waals surface area contributed by atoms with E-state index in [0.29, 0.717) is 52.3 Å². The Hall–Kier alpha value is -5.09. The molecule has 4 aromatic carbocycles. The van der Waals surface area contributed by atoms with Crippen LogP contribution in [0.2, 0.25) is 0 Å². The topological polar surface area (TPSA) is 119 Å². The number of aromatic nitrogens is 2. The van der Waals surface area contributed by atoms with Crippen LogP contribution in [0.3, 0.4) is 0 Å². The van der Waals surface area contributed by atoms with Gasteiger partial charge in [-0.15, -0.1) is 0 Å². The fourth-order valence-corrected chi connectivity index (χ4v) is 7.00. The van der Waals surface area contributed by atoms with Gasteiger partial charge in [0.1, 0.15) is 5.75 Å². The normalized spacial score (nSPS) is 11.7. The second-order valence-electron chi connectivity index (χ2n) is 10.8. The standard InChI is InChI=1S/C35H33N3O6S/c1-4-43-33-27-14-9-17-36-32(27)34(44-5-2)28-20-38(35(40)31(28)33)29-16-15-23(18-22(29)3)21-45(41,42)37-30(39)19-25-12-8-11-24-10-6-7-13-26(24)25/h6-18,20,36H,4-5,19,21H2,1-3H3,(H,37,39). The van der Waals surface area contributed by atoms with Crippen LogP contribution in [-0.2, 0) is 27.0 Å². The van der Waals surface area contributed by atoms with E-state index in [1.807, 2.05) is 75.4 Å². The van der Waals surface area contributed by atoms with Crippen LogP contribution in [-0.4, -0.2) is 37.1 Å². The van der Waals surface area contributed by atoms with Crippen molar-refractivity contribution in [2.75, 3.05) is 13.2 Å². The third-order valence-electron chi connectivity index (χ3n) is 7.71. The number of rotatable bonds is 10. The van der Waals surface area contributed by atoms with Crippen LogP contribution in [0, 0.1) is 6.92 Å². The summed E-state index contributed by atoms with van der Waals surface area (Å²) in [5.41, 5.74) is 2.97. The molecule has 6 rings (SSSR count). The number of benzene rings is 4. The quantitative estimate of drug-likeness (QED) is 0.196. The molecule has 0 fully saturated rings. The fourth-order valence-electron chi connectivity index (χ4n) is 5.89. The number of nitrogens with one attached hydrogen (secondary N) is 2. The number of carbonyl (C=O) groups excluding carboxylic acids is 1. The number of fused-ring (bicyclic) bond motifs is 3. The lowest BCUT2D eigenvalue weighted by molar-refractivity contribution is -0.118. The van der Waals surface area contributed by atoms with E-state index >= 15 is 0 Å². The van der Waals surface area contributed by atoms with Crippen molar-refractivity contribution in [2.24, 2.45) is 0 Å². The molecule has 0 atom stereocenters. The Kier molecular flexibility index (Phi) is 8.07. The molecule has 0 saturated carbocycles. The number of nitrogens with zero attached hydrogens (tertiary/aromatic N) is 1. The highest BCUT2D eigenvalue weighted by atomic mass is 32.2. The molecule has 2 aromatic heterocycles. The van der Waals surface area contributed by atoms with E-state index in [4.69, 9.17) is 9.47 Å². The van der Waals surface area contributed by atoms with Gasteiger partial charge in [-0.3, -0.25) is 18.9 Å². The Morgan fingerprint density at radius 3 is 2.40 bits per heavy atom. The van der Waals surface area contributed by atoms with Crippen molar-refractivity contribution in [1.29, 1.82) is 0 Å². The first-order chi connectivity index (χ1) is 21.7. The van der Waals surface area contributed by atoms with E-state index < -0.39 is 21.7 Å². The van der Waals surface area contributed by atoms with Crippen molar-refractivity contribution in [3.63, 3.8) is 0 Å². The van der Waals surface area contributed by atoms with Crippen LogP contribution in [0.1, 0.15) is 30.5 Å². The summed E-state index contributed by atoms with van der Waals surface area (Å²) in [5.74, 6) is 0.0417. The van der Waals surface area contributed by atoms with Crippen molar-refractivity contribution in [2.45, 2.75) is 32.9 Å². The Morgan fingerprint density at radius 1 is 0.889 bits per heavy atom. The predicted octanol–water partition coefficient (Wildman–Crippen LogP) is 5.92. The first-order valence-electron chi connectivity index (χ1n) is 14.7. The number of sulfonamides is 1. The zero-order valence-corrected chi connectivity index (χ0v) is 26.0. The van der Waals surface area contributed by atoms with E-state index in [9.17, 15) is 18.0 Å². The third kappa shape index (κ3) is 5.76. The minimum atomic E-state index is -3.98. The van der Waals surface area contributed by atoms with Crippen molar-refractivity contribution >= 4 is 48.4 Å². The van der Waals surface area contributed by atoms with E-state index in [0.717, 1.165) is 27.2 Å². The van der Waals surface area contributed by atoms with E-state index in [2.05, 4.69) is 9.71 Å². The molecule has 0 radical (unpaired) electrons. The number of H-pyrrole nitrogens is 1. The number of ether oxygens (including phenoxy) is 2. The third-order valence-corrected chi connectivity index (χ3v) is 8.97. The molecule has 0 aliphatic heterocycles. The van der Waals surface area contributed by atoms with Gasteiger partial charge in [-0.25, -0.2) is 8.42 Å². The summed E-state index contributed by atoms with van der Waals surface area (Å²) in [6.07, 6.45) is 3.47. The predicted molar refractivity (Wildman–Crippen MR) is 177 cm³/mol. The highest BCUT2D eigenvalue weighted by molar-refractivity contribution is 7.89. The lowest BCUT2D eigenvalue weighted by atomic mass is 10.0. The van der Waals surface area contributed by atoms with E-state index in [1.54, 1.807) is 30.6 Å². The Balaban J connectivity index is 1.30. The Morgan fingerprint density at radius 2 is 1.62 bits per heavy atom. The van der Waals surface area contributed by atoms with Crippen molar-refractivity contribution < 1.29 is 22.7 Å². The summed E-state index contributed by atoms with van der Waals surface area (Å²) < 4.78 is 41.8. The number of amides is 1. The summed E-state index contributed by atoms with van der Waals surface area (Å²) in [6, 6.07) is 22.1. The van der Waals surface area contributed by atoms with Crippen LogP contribution in [0.5, 0.6) is 11.5 Å². The average Bonchev–Trinajstić information content (AvgIpc) is 3.35. The van der Waals surface area contributed by atoms with Crippen LogP contribution in [0.15, 0.2) is 90.0 Å². The number of aromatic amines is 1. The van der Waals surface area contributed by atoms with Crippen LogP contribution in [0.4, 0.5) is 0 Å². The molecule has 0 aliphatic carbocycles. The van der Waals surface area contributed by atoms with Gasteiger partial charge in [0.2, 0.25) is 15.9 Å². The number of carbonyl (C=O) groups is 1. The minimum Gasteiger partial charge on any atom is -0.492 e. The molecule has 10 heteroatoms. The van der Waals surface area contributed by atoms with E-state index in [-0.39, 0.29) is 12.0 Å². The Bertz CT molecular complexity index is 2250. The molecular formula is C35H33N3O6S. The summed E-state index contributed by atoms with van der Waals surface area (Å²) in [5, 5.41) is 3.65. The van der Waals surface area contributed by atoms with Crippen LogP contribution >= 0.6 is 0 Å².